The van der Waals surface area contributed by atoms with Crippen LogP contribution in [0.15, 0.2) is 17.2 Å². The minimum absolute atomic E-state index is 0.0929. The zero-order valence-corrected chi connectivity index (χ0v) is 10.8. The van der Waals surface area contributed by atoms with Gasteiger partial charge in [0.25, 0.3) is 5.56 Å². The molecule has 1 saturated heterocycles. The molecule has 1 aromatic rings. The lowest BCUT2D eigenvalue weighted by molar-refractivity contribution is -0.0254. The third-order valence-corrected chi connectivity index (χ3v) is 3.89. The monoisotopic (exact) mass is 263 g/mol. The molecule has 2 atom stereocenters. The highest BCUT2D eigenvalue weighted by atomic mass is 16.3. The molecule has 1 aliphatic carbocycles. The minimum Gasteiger partial charge on any atom is -0.389 e. The van der Waals surface area contributed by atoms with Crippen molar-refractivity contribution in [2.45, 2.75) is 25.0 Å². The Morgan fingerprint density at radius 2 is 2.42 bits per heavy atom. The molecule has 0 saturated carbocycles. The van der Waals surface area contributed by atoms with Gasteiger partial charge in [-0.2, -0.15) is 0 Å². The average Bonchev–Trinajstić information content (AvgIpc) is 2.83. The number of allylic oxidation sites excluding steroid dienone is 1. The van der Waals surface area contributed by atoms with Crippen LogP contribution in [-0.4, -0.2) is 56.4 Å². The standard InChI is InChI=1S/C13H17N3O3/c1-13(19)6-16(5-10(13)17)4-8-2-3-9-11(8)14-7-15-12(9)18/h2,7,10,17,19H,3-6H2,1H3,(H,14,15,18)/t10-,13+/m1/s1. The van der Waals surface area contributed by atoms with Crippen molar-refractivity contribution in [1.82, 2.24) is 14.9 Å². The van der Waals surface area contributed by atoms with Crippen molar-refractivity contribution in [2.75, 3.05) is 19.6 Å². The molecule has 1 fully saturated rings. The summed E-state index contributed by atoms with van der Waals surface area (Å²) in [5, 5.41) is 19.7. The number of aromatic nitrogens is 2. The minimum atomic E-state index is -1.07. The van der Waals surface area contributed by atoms with Gasteiger partial charge in [0.05, 0.1) is 18.1 Å². The van der Waals surface area contributed by atoms with E-state index in [9.17, 15) is 15.0 Å². The number of aromatic amines is 1. The molecular weight excluding hydrogens is 246 g/mol. The van der Waals surface area contributed by atoms with Gasteiger partial charge < -0.3 is 15.2 Å². The fraction of sp³-hybridized carbons (Fsp3) is 0.538. The number of β-amino-alcohol motifs (C(OH)–C–C–N with tert-alkyl or cyclic N) is 2. The lowest BCUT2D eigenvalue weighted by Crippen LogP contribution is -2.37. The molecule has 0 aromatic carbocycles. The summed E-state index contributed by atoms with van der Waals surface area (Å²) >= 11 is 0. The van der Waals surface area contributed by atoms with Crippen LogP contribution in [0.2, 0.25) is 0 Å². The maximum absolute atomic E-state index is 11.6. The Hall–Kier alpha value is -1.50. The lowest BCUT2D eigenvalue weighted by Gasteiger charge is -2.20. The molecule has 0 unspecified atom stereocenters. The van der Waals surface area contributed by atoms with Gasteiger partial charge in [-0.25, -0.2) is 4.98 Å². The molecule has 3 N–H and O–H groups in total. The average molecular weight is 263 g/mol. The number of nitrogens with one attached hydrogen (secondary N) is 1. The van der Waals surface area contributed by atoms with E-state index in [4.69, 9.17) is 0 Å². The van der Waals surface area contributed by atoms with Crippen LogP contribution in [0, 0.1) is 0 Å². The van der Waals surface area contributed by atoms with Gasteiger partial charge in [0, 0.05) is 25.2 Å². The number of rotatable bonds is 2. The highest BCUT2D eigenvalue weighted by molar-refractivity contribution is 5.70. The van der Waals surface area contributed by atoms with Crippen molar-refractivity contribution >= 4 is 5.57 Å². The van der Waals surface area contributed by atoms with Crippen LogP contribution in [0.25, 0.3) is 5.57 Å². The third kappa shape index (κ3) is 2.11. The van der Waals surface area contributed by atoms with Crippen molar-refractivity contribution in [1.29, 1.82) is 0 Å². The Kier molecular flexibility index (Phi) is 2.81. The van der Waals surface area contributed by atoms with Gasteiger partial charge in [0.2, 0.25) is 0 Å². The second kappa shape index (κ2) is 4.26. The zero-order chi connectivity index (χ0) is 13.6. The second-order valence-corrected chi connectivity index (χ2v) is 5.53. The van der Waals surface area contributed by atoms with Crippen LogP contribution < -0.4 is 5.56 Å². The molecule has 0 spiro atoms. The molecule has 1 aromatic heterocycles. The first-order valence-corrected chi connectivity index (χ1v) is 6.36. The Morgan fingerprint density at radius 3 is 3.11 bits per heavy atom. The Labute approximate surface area is 110 Å². The normalized spacial score (nSPS) is 30.5. The van der Waals surface area contributed by atoms with E-state index < -0.39 is 11.7 Å². The summed E-state index contributed by atoms with van der Waals surface area (Å²) in [6.07, 6.45) is 3.27. The van der Waals surface area contributed by atoms with Gasteiger partial charge in [0.15, 0.2) is 0 Å². The van der Waals surface area contributed by atoms with Gasteiger partial charge >= 0.3 is 0 Å². The fourth-order valence-corrected chi connectivity index (χ4v) is 2.78. The topological polar surface area (TPSA) is 89.5 Å². The van der Waals surface area contributed by atoms with E-state index in [1.54, 1.807) is 6.92 Å². The summed E-state index contributed by atoms with van der Waals surface area (Å²) < 4.78 is 0. The quantitative estimate of drug-likeness (QED) is 0.646. The molecule has 102 valence electrons. The summed E-state index contributed by atoms with van der Waals surface area (Å²) in [6, 6.07) is 0. The van der Waals surface area contributed by atoms with E-state index in [1.165, 1.54) is 6.33 Å². The molecule has 19 heavy (non-hydrogen) atoms. The van der Waals surface area contributed by atoms with Crippen LogP contribution in [0.3, 0.4) is 0 Å². The number of aliphatic hydroxyl groups excluding tert-OH is 1. The largest absolute Gasteiger partial charge is 0.389 e. The second-order valence-electron chi connectivity index (χ2n) is 5.53. The summed E-state index contributed by atoms with van der Waals surface area (Å²) in [5.41, 5.74) is 1.27. The first-order chi connectivity index (χ1) is 8.97. The number of fused-ring (bicyclic) bond motifs is 1. The molecule has 2 aliphatic rings. The van der Waals surface area contributed by atoms with E-state index in [1.807, 2.05) is 11.0 Å². The lowest BCUT2D eigenvalue weighted by atomic mass is 10.0. The zero-order valence-electron chi connectivity index (χ0n) is 10.8. The molecule has 6 heteroatoms. The molecule has 1 aliphatic heterocycles. The number of likely N-dealkylation sites (tertiary alicyclic amines) is 1. The molecule has 6 nitrogen and oxygen atoms in total. The number of hydrogen-bond acceptors (Lipinski definition) is 5. The molecule has 3 rings (SSSR count). The first kappa shape index (κ1) is 12.5. The number of H-pyrrole nitrogens is 1. The van der Waals surface area contributed by atoms with E-state index in [0.29, 0.717) is 31.6 Å². The van der Waals surface area contributed by atoms with E-state index in [0.717, 1.165) is 11.3 Å². The molecule has 0 bridgehead atoms. The Morgan fingerprint density at radius 1 is 1.63 bits per heavy atom. The third-order valence-electron chi connectivity index (χ3n) is 3.89. The fourth-order valence-electron chi connectivity index (χ4n) is 2.78. The van der Waals surface area contributed by atoms with Crippen molar-refractivity contribution in [3.8, 4) is 0 Å². The van der Waals surface area contributed by atoms with E-state index >= 15 is 0 Å². The first-order valence-electron chi connectivity index (χ1n) is 6.36. The predicted molar refractivity (Wildman–Crippen MR) is 69.6 cm³/mol. The summed E-state index contributed by atoms with van der Waals surface area (Å²) in [5.74, 6) is 0. The van der Waals surface area contributed by atoms with E-state index in [2.05, 4.69) is 9.97 Å². The van der Waals surface area contributed by atoms with Crippen LogP contribution in [0.1, 0.15) is 18.2 Å². The van der Waals surface area contributed by atoms with Gasteiger partial charge in [-0.15, -0.1) is 0 Å². The molecular formula is C13H17N3O3. The van der Waals surface area contributed by atoms with Crippen molar-refractivity contribution in [2.24, 2.45) is 0 Å². The number of nitrogens with zero attached hydrogens (tertiary/aromatic N) is 2. The number of hydrogen-bond donors (Lipinski definition) is 3. The maximum Gasteiger partial charge on any atom is 0.254 e. The Balaban J connectivity index is 1.78. The SMILES string of the molecule is C[C@]1(O)CN(CC2=CCc3c2nc[nH]c3=O)C[C@H]1O. The smallest absolute Gasteiger partial charge is 0.254 e. The predicted octanol–water partition coefficient (Wildman–Crippen LogP) is -0.863. The molecule has 2 heterocycles. The van der Waals surface area contributed by atoms with Crippen molar-refractivity contribution < 1.29 is 10.2 Å². The van der Waals surface area contributed by atoms with Gasteiger partial charge in [-0.05, 0) is 18.9 Å². The van der Waals surface area contributed by atoms with Crippen molar-refractivity contribution in [3.05, 3.63) is 34.0 Å². The Bertz CT molecular complexity index is 591. The highest BCUT2D eigenvalue weighted by Crippen LogP contribution is 2.27. The summed E-state index contributed by atoms with van der Waals surface area (Å²) in [6.45, 7) is 3.08. The maximum atomic E-state index is 11.6. The van der Waals surface area contributed by atoms with Crippen LogP contribution in [0.5, 0.6) is 0 Å². The molecule has 0 amide bonds. The highest BCUT2D eigenvalue weighted by Gasteiger charge is 2.40. The van der Waals surface area contributed by atoms with Crippen LogP contribution in [0.4, 0.5) is 0 Å². The van der Waals surface area contributed by atoms with Crippen LogP contribution in [-0.2, 0) is 6.42 Å². The number of aliphatic hydroxyl groups is 2. The van der Waals surface area contributed by atoms with Gasteiger partial charge in [0.1, 0.15) is 5.60 Å². The van der Waals surface area contributed by atoms with Crippen molar-refractivity contribution in [3.63, 3.8) is 0 Å². The van der Waals surface area contributed by atoms with Crippen LogP contribution >= 0.6 is 0 Å². The van der Waals surface area contributed by atoms with Gasteiger partial charge in [-0.1, -0.05) is 6.08 Å². The summed E-state index contributed by atoms with van der Waals surface area (Å²) in [7, 11) is 0. The molecule has 0 radical (unpaired) electrons. The van der Waals surface area contributed by atoms with Gasteiger partial charge in [-0.3, -0.25) is 9.69 Å². The summed E-state index contributed by atoms with van der Waals surface area (Å²) in [4.78, 5) is 20.4. The van der Waals surface area contributed by atoms with E-state index in [-0.39, 0.29) is 5.56 Å².